The van der Waals surface area contributed by atoms with Crippen LogP contribution in [0.15, 0.2) is 181 Å². The van der Waals surface area contributed by atoms with Gasteiger partial charge in [0.1, 0.15) is 11.2 Å². The molecule has 0 spiro atoms. The normalized spacial score (nSPS) is 12.2. The van der Waals surface area contributed by atoms with E-state index in [0.29, 0.717) is 0 Å². The molecule has 54 heavy (non-hydrogen) atoms. The molecular weight excluding hydrogens is 657 g/mol. The van der Waals surface area contributed by atoms with Gasteiger partial charge in [0.2, 0.25) is 0 Å². The number of nitrogens with zero attached hydrogens (tertiary/aromatic N) is 2. The number of allylic oxidation sites excluding steroid dienone is 2. The first-order valence-electron chi connectivity index (χ1n) is 18.5. The summed E-state index contributed by atoms with van der Waals surface area (Å²) in [6, 6.07) is 57.0. The molecule has 10 aromatic rings. The standard InChI is InChI=1S/C51H34N2O/c1-3-4-18-36-32(2)30-33-15-12-21-39-48(33)50(36)40-22-13-24-44(49(39)40)53(45-25-14-27-47-51(45)38-20-9-11-26-46(38)54-47)35-28-29-43-41(31-35)37-19-8-10-23-42(37)52(43)34-16-6-5-7-17-34/h3-31H,1H2,2H3/b18-4-. The topological polar surface area (TPSA) is 21.3 Å². The van der Waals surface area contributed by atoms with Crippen molar-refractivity contribution in [2.45, 2.75) is 6.92 Å². The van der Waals surface area contributed by atoms with Crippen LogP contribution in [-0.4, -0.2) is 4.57 Å². The van der Waals surface area contributed by atoms with Crippen LogP contribution in [0, 0.1) is 6.92 Å². The zero-order valence-corrected chi connectivity index (χ0v) is 29.8. The maximum absolute atomic E-state index is 6.51. The van der Waals surface area contributed by atoms with Crippen molar-refractivity contribution >= 4 is 77.7 Å². The van der Waals surface area contributed by atoms with E-state index >= 15 is 0 Å². The minimum atomic E-state index is 0.867. The molecule has 0 bridgehead atoms. The summed E-state index contributed by atoms with van der Waals surface area (Å²) < 4.78 is 8.88. The number of aryl methyl sites for hydroxylation is 1. The first-order chi connectivity index (χ1) is 26.7. The van der Waals surface area contributed by atoms with Crippen LogP contribution in [0.2, 0.25) is 0 Å². The van der Waals surface area contributed by atoms with Crippen LogP contribution >= 0.6 is 0 Å². The second-order valence-electron chi connectivity index (χ2n) is 14.2. The predicted octanol–water partition coefficient (Wildman–Crippen LogP) is 14.5. The number of aromatic nitrogens is 1. The number of fused-ring (bicyclic) bond motifs is 9. The van der Waals surface area contributed by atoms with Gasteiger partial charge in [-0.3, -0.25) is 0 Å². The van der Waals surface area contributed by atoms with Gasteiger partial charge in [-0.25, -0.2) is 0 Å². The summed E-state index contributed by atoms with van der Waals surface area (Å²) >= 11 is 0. The number of hydrogen-bond acceptors (Lipinski definition) is 2. The van der Waals surface area contributed by atoms with Gasteiger partial charge in [-0.05, 0) is 106 Å². The van der Waals surface area contributed by atoms with E-state index < -0.39 is 0 Å². The predicted molar refractivity (Wildman–Crippen MR) is 229 cm³/mol. The van der Waals surface area contributed by atoms with Crippen LogP contribution in [0.1, 0.15) is 11.1 Å². The molecule has 0 N–H and O–H groups in total. The molecule has 0 aliphatic heterocycles. The Morgan fingerprint density at radius 2 is 1.30 bits per heavy atom. The summed E-state index contributed by atoms with van der Waals surface area (Å²) in [6.07, 6.45) is 6.12. The van der Waals surface area contributed by atoms with Crippen molar-refractivity contribution in [1.82, 2.24) is 4.57 Å². The van der Waals surface area contributed by atoms with Gasteiger partial charge in [-0.2, -0.15) is 0 Å². The van der Waals surface area contributed by atoms with Crippen LogP contribution in [0.3, 0.4) is 0 Å². The largest absolute Gasteiger partial charge is 0.456 e. The lowest BCUT2D eigenvalue weighted by Crippen LogP contribution is -2.11. The van der Waals surface area contributed by atoms with Crippen molar-refractivity contribution in [2.75, 3.05) is 4.90 Å². The Morgan fingerprint density at radius 3 is 2.19 bits per heavy atom. The summed E-state index contributed by atoms with van der Waals surface area (Å²) in [4.78, 5) is 2.47. The van der Waals surface area contributed by atoms with E-state index in [9.17, 15) is 0 Å². The van der Waals surface area contributed by atoms with E-state index in [2.05, 4.69) is 181 Å². The highest BCUT2D eigenvalue weighted by atomic mass is 16.3. The molecule has 3 nitrogen and oxygen atoms in total. The van der Waals surface area contributed by atoms with Gasteiger partial charge < -0.3 is 13.9 Å². The Morgan fingerprint density at radius 1 is 0.574 bits per heavy atom. The van der Waals surface area contributed by atoms with Crippen LogP contribution in [0.25, 0.3) is 88.5 Å². The zero-order chi connectivity index (χ0) is 35.9. The average molecular weight is 691 g/mol. The maximum atomic E-state index is 6.51. The zero-order valence-electron chi connectivity index (χ0n) is 29.8. The fourth-order valence-corrected chi connectivity index (χ4v) is 9.00. The Balaban J connectivity index is 1.25. The molecule has 11 rings (SSSR count). The van der Waals surface area contributed by atoms with E-state index in [4.69, 9.17) is 4.42 Å². The second-order valence-corrected chi connectivity index (χ2v) is 14.2. The highest BCUT2D eigenvalue weighted by Crippen LogP contribution is 2.56. The Kier molecular flexibility index (Phi) is 6.62. The van der Waals surface area contributed by atoms with Crippen LogP contribution in [0.5, 0.6) is 0 Å². The SMILES string of the molecule is C=C/C=C\c1c(C)cc2cccc3c2c1-c1cccc(N(c2ccc4c(c2)c2ccccc2n4-c2ccccc2)c2cccc4oc5ccccc5c24)c1-3. The lowest BCUT2D eigenvalue weighted by Gasteiger charge is -2.29. The van der Waals surface area contributed by atoms with Gasteiger partial charge in [-0.1, -0.05) is 122 Å². The van der Waals surface area contributed by atoms with Crippen LogP contribution < -0.4 is 4.90 Å². The lowest BCUT2D eigenvalue weighted by atomic mass is 9.93. The number of anilines is 3. The molecule has 8 aromatic carbocycles. The fourth-order valence-electron chi connectivity index (χ4n) is 9.00. The molecule has 0 unspecified atom stereocenters. The molecule has 1 aliphatic carbocycles. The maximum Gasteiger partial charge on any atom is 0.137 e. The van der Waals surface area contributed by atoms with Crippen molar-refractivity contribution in [3.63, 3.8) is 0 Å². The fraction of sp³-hybridized carbons (Fsp3) is 0.0196. The van der Waals surface area contributed by atoms with Gasteiger partial charge in [0, 0.05) is 33.1 Å². The number of para-hydroxylation sites is 3. The first-order valence-corrected chi connectivity index (χ1v) is 18.5. The molecule has 0 saturated heterocycles. The number of hydrogen-bond donors (Lipinski definition) is 0. The Labute approximate surface area is 312 Å². The number of rotatable bonds is 6. The summed E-state index contributed by atoms with van der Waals surface area (Å²) in [7, 11) is 0. The molecule has 1 aliphatic rings. The highest BCUT2D eigenvalue weighted by molar-refractivity contribution is 6.22. The summed E-state index contributed by atoms with van der Waals surface area (Å²) in [5.74, 6) is 0. The van der Waals surface area contributed by atoms with Gasteiger partial charge in [0.05, 0.1) is 27.8 Å². The molecule has 3 heteroatoms. The number of benzene rings is 8. The third-order valence-corrected chi connectivity index (χ3v) is 11.2. The van der Waals surface area contributed by atoms with Crippen molar-refractivity contribution in [3.8, 4) is 27.9 Å². The minimum Gasteiger partial charge on any atom is -0.456 e. The summed E-state index contributed by atoms with van der Waals surface area (Å²) in [5.41, 5.74) is 16.0. The van der Waals surface area contributed by atoms with E-state index in [1.807, 2.05) is 18.2 Å². The number of furan rings is 1. The highest BCUT2D eigenvalue weighted by Gasteiger charge is 2.30. The van der Waals surface area contributed by atoms with Gasteiger partial charge in [0.25, 0.3) is 0 Å². The molecule has 0 fully saturated rings. The Hall–Kier alpha value is -7.10. The smallest absolute Gasteiger partial charge is 0.137 e. The summed E-state index contributed by atoms with van der Waals surface area (Å²) in [6.45, 7) is 6.20. The quantitative estimate of drug-likeness (QED) is 0.162. The third kappa shape index (κ3) is 4.30. The van der Waals surface area contributed by atoms with Crippen molar-refractivity contribution in [2.24, 2.45) is 0 Å². The first kappa shape index (κ1) is 30.5. The summed E-state index contributed by atoms with van der Waals surface area (Å²) in [5, 5.41) is 7.16. The third-order valence-electron chi connectivity index (χ3n) is 11.2. The van der Waals surface area contributed by atoms with Crippen molar-refractivity contribution in [1.29, 1.82) is 0 Å². The van der Waals surface area contributed by atoms with E-state index in [-0.39, 0.29) is 0 Å². The molecule has 0 radical (unpaired) electrons. The average Bonchev–Trinajstić information content (AvgIpc) is 3.88. The monoisotopic (exact) mass is 690 g/mol. The molecule has 0 atom stereocenters. The molecule has 0 amide bonds. The Bertz CT molecular complexity index is 3200. The van der Waals surface area contributed by atoms with Crippen molar-refractivity contribution < 1.29 is 4.42 Å². The van der Waals surface area contributed by atoms with Gasteiger partial charge >= 0.3 is 0 Å². The van der Waals surface area contributed by atoms with E-state index in [1.165, 1.54) is 66.0 Å². The molecule has 0 saturated carbocycles. The van der Waals surface area contributed by atoms with Crippen LogP contribution in [-0.2, 0) is 0 Å². The lowest BCUT2D eigenvalue weighted by molar-refractivity contribution is 0.669. The molecule has 2 aromatic heterocycles. The molecule has 2 heterocycles. The molecule has 254 valence electrons. The van der Waals surface area contributed by atoms with Crippen molar-refractivity contribution in [3.05, 3.63) is 188 Å². The van der Waals surface area contributed by atoms with Gasteiger partial charge in [-0.15, -0.1) is 0 Å². The van der Waals surface area contributed by atoms with E-state index in [0.717, 1.165) is 44.7 Å². The van der Waals surface area contributed by atoms with Gasteiger partial charge in [0.15, 0.2) is 0 Å². The minimum absolute atomic E-state index is 0.867. The van der Waals surface area contributed by atoms with E-state index in [1.54, 1.807) is 0 Å². The van der Waals surface area contributed by atoms with Crippen LogP contribution in [0.4, 0.5) is 17.1 Å². The second kappa shape index (κ2) is 11.7. The molecular formula is C51H34N2O.